The summed E-state index contributed by atoms with van der Waals surface area (Å²) < 4.78 is 43.0. The van der Waals surface area contributed by atoms with E-state index in [1.165, 1.54) is 26.0 Å². The third-order valence-corrected chi connectivity index (χ3v) is 6.49. The largest absolute Gasteiger partial charge is 0.292 e. The maximum atomic E-state index is 15.2. The summed E-state index contributed by atoms with van der Waals surface area (Å²) in [5, 5.41) is 1.04. The van der Waals surface area contributed by atoms with E-state index in [1.807, 2.05) is 30.3 Å². The number of hydrogen-bond donors (Lipinski definition) is 0. The molecule has 2 aromatic carbocycles. The molecule has 2 atom stereocenters. The second-order valence-electron chi connectivity index (χ2n) is 8.83. The zero-order valence-corrected chi connectivity index (χ0v) is 19.2. The predicted octanol–water partition coefficient (Wildman–Crippen LogP) is 7.22. The molecule has 0 spiro atoms. The number of alkyl halides is 1. The van der Waals surface area contributed by atoms with Crippen molar-refractivity contribution in [3.8, 4) is 0 Å². The van der Waals surface area contributed by atoms with Crippen LogP contribution >= 0.6 is 23.2 Å². The number of aromatic nitrogens is 1. The normalized spacial score (nSPS) is 17.1. The van der Waals surface area contributed by atoms with Gasteiger partial charge < -0.3 is 0 Å². The SMILES string of the molecule is CC(C)(F)C(c1cc(F)cc(F)c1)C1CN(C(c2ccc(Cl)cc2)c2ccc(Cl)nc2)C1. The standard InChI is InChI=1S/C25H23Cl2F3N2/c1-25(2,30)23(17-9-20(28)11-21(29)10-17)18-13-32(14-18)24(15-3-6-19(26)7-4-15)16-5-8-22(27)31-12-16/h3-12,18,23-24H,13-14H2,1-2H3. The number of pyridine rings is 1. The monoisotopic (exact) mass is 478 g/mol. The molecule has 32 heavy (non-hydrogen) atoms. The molecule has 1 aliphatic rings. The minimum absolute atomic E-state index is 0.105. The highest BCUT2D eigenvalue weighted by Gasteiger charge is 2.45. The average molecular weight is 479 g/mol. The molecule has 2 heterocycles. The highest BCUT2D eigenvalue weighted by Crippen LogP contribution is 2.45. The van der Waals surface area contributed by atoms with Crippen molar-refractivity contribution in [2.24, 2.45) is 5.92 Å². The number of halogens is 5. The van der Waals surface area contributed by atoms with Gasteiger partial charge in [-0.3, -0.25) is 4.90 Å². The van der Waals surface area contributed by atoms with E-state index in [9.17, 15) is 8.78 Å². The van der Waals surface area contributed by atoms with E-state index in [2.05, 4.69) is 9.88 Å². The first-order chi connectivity index (χ1) is 15.1. The number of nitrogens with zero attached hydrogens (tertiary/aromatic N) is 2. The summed E-state index contributed by atoms with van der Waals surface area (Å²) in [7, 11) is 0. The van der Waals surface area contributed by atoms with Crippen LogP contribution in [-0.4, -0.2) is 28.6 Å². The van der Waals surface area contributed by atoms with Gasteiger partial charge in [-0.05, 0) is 66.8 Å². The van der Waals surface area contributed by atoms with Crippen LogP contribution in [0.3, 0.4) is 0 Å². The van der Waals surface area contributed by atoms with Gasteiger partial charge in [0.05, 0.1) is 6.04 Å². The molecule has 0 amide bonds. The first kappa shape index (κ1) is 23.1. The van der Waals surface area contributed by atoms with Crippen molar-refractivity contribution < 1.29 is 13.2 Å². The van der Waals surface area contributed by atoms with E-state index >= 15 is 4.39 Å². The van der Waals surface area contributed by atoms with Crippen molar-refractivity contribution in [1.29, 1.82) is 0 Å². The van der Waals surface area contributed by atoms with Crippen LogP contribution in [0.4, 0.5) is 13.2 Å². The molecule has 0 saturated carbocycles. The Balaban J connectivity index is 1.63. The van der Waals surface area contributed by atoms with E-state index < -0.39 is 23.2 Å². The fraction of sp³-hybridized carbons (Fsp3) is 0.320. The van der Waals surface area contributed by atoms with E-state index in [1.54, 1.807) is 12.3 Å². The third-order valence-electron chi connectivity index (χ3n) is 6.01. The Labute approximate surface area is 196 Å². The Kier molecular flexibility index (Phi) is 6.53. The molecule has 1 fully saturated rings. The van der Waals surface area contributed by atoms with Gasteiger partial charge in [-0.15, -0.1) is 0 Å². The van der Waals surface area contributed by atoms with Crippen molar-refractivity contribution in [3.63, 3.8) is 0 Å². The van der Waals surface area contributed by atoms with Gasteiger partial charge in [0.2, 0.25) is 0 Å². The number of benzene rings is 2. The first-order valence-electron chi connectivity index (χ1n) is 10.4. The second-order valence-corrected chi connectivity index (χ2v) is 9.65. The Morgan fingerprint density at radius 2 is 1.50 bits per heavy atom. The van der Waals surface area contributed by atoms with Crippen LogP contribution in [0, 0.1) is 17.6 Å². The van der Waals surface area contributed by atoms with Crippen molar-refractivity contribution in [2.45, 2.75) is 31.5 Å². The van der Waals surface area contributed by atoms with Gasteiger partial charge in [-0.2, -0.15) is 0 Å². The summed E-state index contributed by atoms with van der Waals surface area (Å²) in [4.78, 5) is 6.42. The zero-order valence-electron chi connectivity index (χ0n) is 17.7. The summed E-state index contributed by atoms with van der Waals surface area (Å²) in [6, 6.07) is 14.4. The van der Waals surface area contributed by atoms with Gasteiger partial charge in [-0.25, -0.2) is 18.2 Å². The fourth-order valence-electron chi connectivity index (χ4n) is 4.76. The number of likely N-dealkylation sites (tertiary alicyclic amines) is 1. The summed E-state index contributed by atoms with van der Waals surface area (Å²) in [5.74, 6) is -2.14. The van der Waals surface area contributed by atoms with E-state index in [0.717, 1.165) is 17.2 Å². The molecule has 0 aliphatic carbocycles. The predicted molar refractivity (Wildman–Crippen MR) is 122 cm³/mol. The maximum absolute atomic E-state index is 15.2. The van der Waals surface area contributed by atoms with Gasteiger partial charge in [0.1, 0.15) is 22.5 Å². The lowest BCUT2D eigenvalue weighted by atomic mass is 9.72. The minimum atomic E-state index is -1.64. The molecule has 1 aromatic heterocycles. The number of rotatable bonds is 6. The van der Waals surface area contributed by atoms with Crippen LogP contribution in [0.15, 0.2) is 60.8 Å². The van der Waals surface area contributed by atoms with Gasteiger partial charge in [0.25, 0.3) is 0 Å². The summed E-state index contributed by atoms with van der Waals surface area (Å²) in [6.07, 6.45) is 1.73. The lowest BCUT2D eigenvalue weighted by Gasteiger charge is -2.50. The van der Waals surface area contributed by atoms with Crippen molar-refractivity contribution >= 4 is 23.2 Å². The van der Waals surface area contributed by atoms with Crippen LogP contribution in [0.25, 0.3) is 0 Å². The molecule has 0 bridgehead atoms. The highest BCUT2D eigenvalue weighted by molar-refractivity contribution is 6.30. The lowest BCUT2D eigenvalue weighted by Crippen LogP contribution is -2.53. The van der Waals surface area contributed by atoms with Crippen molar-refractivity contribution in [2.75, 3.05) is 13.1 Å². The first-order valence-corrected chi connectivity index (χ1v) is 11.1. The summed E-state index contributed by atoms with van der Waals surface area (Å²) in [6.45, 7) is 4.05. The molecular weight excluding hydrogens is 456 g/mol. The average Bonchev–Trinajstić information content (AvgIpc) is 2.67. The smallest absolute Gasteiger partial charge is 0.129 e. The summed E-state index contributed by atoms with van der Waals surface area (Å²) >= 11 is 12.0. The lowest BCUT2D eigenvalue weighted by molar-refractivity contribution is 0.00798. The molecular formula is C25H23Cl2F3N2. The van der Waals surface area contributed by atoms with E-state index in [4.69, 9.17) is 23.2 Å². The minimum Gasteiger partial charge on any atom is -0.292 e. The van der Waals surface area contributed by atoms with Gasteiger partial charge >= 0.3 is 0 Å². The molecule has 2 unspecified atom stereocenters. The van der Waals surface area contributed by atoms with Crippen molar-refractivity contribution in [1.82, 2.24) is 9.88 Å². The topological polar surface area (TPSA) is 16.1 Å². The van der Waals surface area contributed by atoms with Crippen LogP contribution in [0.2, 0.25) is 10.2 Å². The quantitative estimate of drug-likeness (QED) is 0.347. The summed E-state index contributed by atoms with van der Waals surface area (Å²) in [5.41, 5.74) is 0.665. The molecule has 0 radical (unpaired) electrons. The highest BCUT2D eigenvalue weighted by atomic mass is 35.5. The van der Waals surface area contributed by atoms with E-state index in [0.29, 0.717) is 28.8 Å². The Hall–Kier alpha value is -2.08. The maximum Gasteiger partial charge on any atom is 0.129 e. The van der Waals surface area contributed by atoms with Gasteiger partial charge in [0, 0.05) is 36.3 Å². The van der Waals surface area contributed by atoms with Crippen LogP contribution in [-0.2, 0) is 0 Å². The molecule has 168 valence electrons. The molecule has 7 heteroatoms. The van der Waals surface area contributed by atoms with Crippen LogP contribution < -0.4 is 0 Å². The third kappa shape index (κ3) is 4.95. The Morgan fingerprint density at radius 3 is 2.03 bits per heavy atom. The molecule has 0 N–H and O–H groups in total. The van der Waals surface area contributed by atoms with Crippen molar-refractivity contribution in [3.05, 3.63) is 99.3 Å². The van der Waals surface area contributed by atoms with E-state index in [-0.39, 0.29) is 12.0 Å². The van der Waals surface area contributed by atoms with Crippen LogP contribution in [0.1, 0.15) is 42.5 Å². The molecule has 1 aliphatic heterocycles. The Bertz CT molecular complexity index is 1010. The fourth-order valence-corrected chi connectivity index (χ4v) is 5.00. The molecule has 4 rings (SSSR count). The number of hydrogen-bond acceptors (Lipinski definition) is 2. The van der Waals surface area contributed by atoms with Gasteiger partial charge in [-0.1, -0.05) is 41.4 Å². The Morgan fingerprint density at radius 1 is 0.906 bits per heavy atom. The molecule has 2 nitrogen and oxygen atoms in total. The molecule has 1 saturated heterocycles. The zero-order chi connectivity index (χ0) is 23.0. The second kappa shape index (κ2) is 9.05. The van der Waals surface area contributed by atoms with Gasteiger partial charge in [0.15, 0.2) is 0 Å². The molecule has 3 aromatic rings. The van der Waals surface area contributed by atoms with Crippen LogP contribution in [0.5, 0.6) is 0 Å².